The average molecular weight is 373 g/mol. The van der Waals surface area contributed by atoms with Crippen LogP contribution in [0.15, 0.2) is 54.2 Å². The van der Waals surface area contributed by atoms with E-state index in [2.05, 4.69) is 25.4 Å². The molecule has 2 heterocycles. The molecule has 0 unspecified atom stereocenters. The van der Waals surface area contributed by atoms with E-state index in [4.69, 9.17) is 0 Å². The molecule has 0 saturated heterocycles. The molecule has 3 aromatic rings. The number of nitrogens with zero attached hydrogens (tertiary/aromatic N) is 6. The van der Waals surface area contributed by atoms with E-state index in [0.29, 0.717) is 11.4 Å². The van der Waals surface area contributed by atoms with Crippen molar-refractivity contribution >= 4 is 21.7 Å². The molecule has 0 spiro atoms. The van der Waals surface area contributed by atoms with Crippen LogP contribution in [0.2, 0.25) is 0 Å². The van der Waals surface area contributed by atoms with Crippen LogP contribution in [-0.4, -0.2) is 57.5 Å². The largest absolute Gasteiger partial charge is 0.306 e. The predicted molar refractivity (Wildman–Crippen MR) is 92.2 cm³/mol. The molecule has 1 aromatic carbocycles. The summed E-state index contributed by atoms with van der Waals surface area (Å²) in [4.78, 5) is 24.3. The highest BCUT2D eigenvalue weighted by atomic mass is 32.2. The molecule has 1 amide bonds. The van der Waals surface area contributed by atoms with Crippen molar-refractivity contribution in [3.05, 3.63) is 54.9 Å². The smallest absolute Gasteiger partial charge is 0.256 e. The van der Waals surface area contributed by atoms with Crippen LogP contribution in [0.1, 0.15) is 10.4 Å². The van der Waals surface area contributed by atoms with Gasteiger partial charge in [0.15, 0.2) is 5.82 Å². The van der Waals surface area contributed by atoms with Gasteiger partial charge in [0.05, 0.1) is 4.90 Å². The number of hydrogen-bond donors (Lipinski definition) is 1. The molecular formula is C15H15N7O3S. The third kappa shape index (κ3) is 3.58. The summed E-state index contributed by atoms with van der Waals surface area (Å²) in [5.74, 6) is 0.294. The van der Waals surface area contributed by atoms with Crippen LogP contribution in [0.4, 0.5) is 5.82 Å². The third-order valence-electron chi connectivity index (χ3n) is 3.44. The Morgan fingerprint density at radius 2 is 1.85 bits per heavy atom. The van der Waals surface area contributed by atoms with Gasteiger partial charge in [-0.1, -0.05) is 0 Å². The molecule has 134 valence electrons. The van der Waals surface area contributed by atoms with Crippen LogP contribution >= 0.6 is 0 Å². The van der Waals surface area contributed by atoms with Crippen molar-refractivity contribution < 1.29 is 13.2 Å². The summed E-state index contributed by atoms with van der Waals surface area (Å²) in [5, 5.41) is 6.58. The Hall–Kier alpha value is -3.18. The van der Waals surface area contributed by atoms with Crippen molar-refractivity contribution in [2.24, 2.45) is 0 Å². The second-order valence-corrected chi connectivity index (χ2v) is 7.52. The molecule has 0 aliphatic heterocycles. The SMILES string of the molecule is CN(C)S(=O)(=O)c1ccc(C(=O)Nc2cc(-n3cncn3)ncn2)cc1. The van der Waals surface area contributed by atoms with E-state index in [1.54, 1.807) is 0 Å². The topological polar surface area (TPSA) is 123 Å². The Morgan fingerprint density at radius 1 is 1.12 bits per heavy atom. The fourth-order valence-corrected chi connectivity index (χ4v) is 2.95. The molecule has 0 saturated carbocycles. The first kappa shape index (κ1) is 17.6. The zero-order valence-electron chi connectivity index (χ0n) is 13.9. The number of benzene rings is 1. The van der Waals surface area contributed by atoms with Crippen molar-refractivity contribution in [1.29, 1.82) is 0 Å². The second-order valence-electron chi connectivity index (χ2n) is 5.37. The number of hydrogen-bond acceptors (Lipinski definition) is 7. The quantitative estimate of drug-likeness (QED) is 0.693. The Labute approximate surface area is 149 Å². The lowest BCUT2D eigenvalue weighted by atomic mass is 10.2. The second kappa shape index (κ2) is 6.98. The molecule has 10 nitrogen and oxygen atoms in total. The molecule has 0 aliphatic rings. The molecule has 3 rings (SSSR count). The Morgan fingerprint density at radius 3 is 2.46 bits per heavy atom. The van der Waals surface area contributed by atoms with Crippen LogP contribution in [-0.2, 0) is 10.0 Å². The Kier molecular flexibility index (Phi) is 4.73. The molecule has 0 aliphatic carbocycles. The first-order valence-electron chi connectivity index (χ1n) is 7.39. The molecule has 2 aromatic heterocycles. The molecule has 26 heavy (non-hydrogen) atoms. The fourth-order valence-electron chi connectivity index (χ4n) is 2.04. The lowest BCUT2D eigenvalue weighted by Gasteiger charge is -2.11. The zero-order valence-corrected chi connectivity index (χ0v) is 14.8. The summed E-state index contributed by atoms with van der Waals surface area (Å²) in [6.45, 7) is 0. The van der Waals surface area contributed by atoms with Gasteiger partial charge in [-0.15, -0.1) is 0 Å². The minimum atomic E-state index is -3.54. The normalized spacial score (nSPS) is 11.5. The molecule has 0 bridgehead atoms. The maximum Gasteiger partial charge on any atom is 0.256 e. The maximum atomic E-state index is 12.3. The number of amides is 1. The molecular weight excluding hydrogens is 358 g/mol. The van der Waals surface area contributed by atoms with Crippen molar-refractivity contribution in [3.63, 3.8) is 0 Å². The van der Waals surface area contributed by atoms with Crippen molar-refractivity contribution in [2.75, 3.05) is 19.4 Å². The van der Waals surface area contributed by atoms with E-state index in [0.717, 1.165) is 4.31 Å². The van der Waals surface area contributed by atoms with Gasteiger partial charge in [-0.25, -0.2) is 32.4 Å². The van der Waals surface area contributed by atoms with Gasteiger partial charge in [-0.05, 0) is 24.3 Å². The highest BCUT2D eigenvalue weighted by molar-refractivity contribution is 7.89. The predicted octanol–water partition coefficient (Wildman–Crippen LogP) is 0.560. The summed E-state index contributed by atoms with van der Waals surface area (Å²) >= 11 is 0. The monoisotopic (exact) mass is 373 g/mol. The van der Waals surface area contributed by atoms with Gasteiger partial charge in [-0.3, -0.25) is 4.79 Å². The van der Waals surface area contributed by atoms with Crippen molar-refractivity contribution in [1.82, 2.24) is 29.0 Å². The van der Waals surface area contributed by atoms with E-state index in [-0.39, 0.29) is 10.7 Å². The number of nitrogens with one attached hydrogen (secondary N) is 1. The zero-order chi connectivity index (χ0) is 18.7. The van der Waals surface area contributed by atoms with E-state index in [1.165, 1.54) is 68.1 Å². The van der Waals surface area contributed by atoms with Gasteiger partial charge in [0.1, 0.15) is 24.8 Å². The van der Waals surface area contributed by atoms with Gasteiger partial charge in [0.25, 0.3) is 5.91 Å². The van der Waals surface area contributed by atoms with Crippen molar-refractivity contribution in [3.8, 4) is 5.82 Å². The summed E-state index contributed by atoms with van der Waals surface area (Å²) < 4.78 is 26.6. The number of carbonyl (C=O) groups is 1. The fraction of sp³-hybridized carbons (Fsp3) is 0.133. The highest BCUT2D eigenvalue weighted by Gasteiger charge is 2.17. The van der Waals surface area contributed by atoms with Gasteiger partial charge < -0.3 is 5.32 Å². The third-order valence-corrected chi connectivity index (χ3v) is 5.27. The van der Waals surface area contributed by atoms with E-state index in [9.17, 15) is 13.2 Å². The van der Waals surface area contributed by atoms with Gasteiger partial charge in [-0.2, -0.15) is 5.10 Å². The summed E-state index contributed by atoms with van der Waals surface area (Å²) in [7, 11) is -0.659. The number of anilines is 1. The minimum Gasteiger partial charge on any atom is -0.306 e. The lowest BCUT2D eigenvalue weighted by molar-refractivity contribution is 0.102. The number of sulfonamides is 1. The van der Waals surface area contributed by atoms with Crippen molar-refractivity contribution in [2.45, 2.75) is 4.90 Å². The number of aromatic nitrogens is 5. The lowest BCUT2D eigenvalue weighted by Crippen LogP contribution is -2.22. The summed E-state index contributed by atoms with van der Waals surface area (Å²) in [6.07, 6.45) is 4.13. The van der Waals surface area contributed by atoms with Gasteiger partial charge in [0, 0.05) is 25.7 Å². The first-order chi connectivity index (χ1) is 12.4. The summed E-state index contributed by atoms with van der Waals surface area (Å²) in [5.41, 5.74) is 0.295. The molecule has 1 N–H and O–H groups in total. The van der Waals surface area contributed by atoms with Crippen LogP contribution in [0, 0.1) is 0 Å². The Bertz CT molecular complexity index is 1020. The molecule has 0 radical (unpaired) electrons. The average Bonchev–Trinajstić information content (AvgIpc) is 3.16. The Balaban J connectivity index is 1.78. The number of rotatable bonds is 5. The number of carbonyl (C=O) groups excluding carboxylic acids is 1. The van der Waals surface area contributed by atoms with Crippen LogP contribution in [0.5, 0.6) is 0 Å². The molecule has 0 fully saturated rings. The maximum absolute atomic E-state index is 12.3. The van der Waals surface area contributed by atoms with E-state index in [1.807, 2.05) is 0 Å². The molecule has 0 atom stereocenters. The standard InChI is InChI=1S/C15H15N7O3S/c1-21(2)26(24,25)12-5-3-11(4-6-12)15(23)20-13-7-14(18-9-17-13)22-10-16-8-19-22/h3-10H,1-2H3,(H,17,18,20,23). The summed E-state index contributed by atoms with van der Waals surface area (Å²) in [6, 6.07) is 7.17. The van der Waals surface area contributed by atoms with Gasteiger partial charge in [0.2, 0.25) is 10.0 Å². The van der Waals surface area contributed by atoms with Gasteiger partial charge >= 0.3 is 0 Å². The van der Waals surface area contributed by atoms with Crippen LogP contribution < -0.4 is 5.32 Å². The van der Waals surface area contributed by atoms with E-state index < -0.39 is 15.9 Å². The minimum absolute atomic E-state index is 0.106. The first-order valence-corrected chi connectivity index (χ1v) is 8.83. The highest BCUT2D eigenvalue weighted by Crippen LogP contribution is 2.15. The van der Waals surface area contributed by atoms with E-state index >= 15 is 0 Å². The van der Waals surface area contributed by atoms with Crippen LogP contribution in [0.25, 0.3) is 5.82 Å². The van der Waals surface area contributed by atoms with Crippen LogP contribution in [0.3, 0.4) is 0 Å². The molecule has 11 heteroatoms.